The van der Waals surface area contributed by atoms with Crippen LogP contribution in [0.5, 0.6) is 5.75 Å². The van der Waals surface area contributed by atoms with E-state index in [1.807, 2.05) is 36.3 Å². The summed E-state index contributed by atoms with van der Waals surface area (Å²) in [5.74, 6) is 3.58. The molecule has 4 heteroatoms. The van der Waals surface area contributed by atoms with Crippen molar-refractivity contribution in [2.45, 2.75) is 6.18 Å². The van der Waals surface area contributed by atoms with Crippen molar-refractivity contribution in [2.75, 3.05) is 6.61 Å². The average Bonchev–Trinajstić information content (AvgIpc) is 2.33. The third-order valence-corrected chi connectivity index (χ3v) is 2.26. The predicted octanol–water partition coefficient (Wildman–Crippen LogP) is 3.78. The van der Waals surface area contributed by atoms with Gasteiger partial charge in [-0.25, -0.2) is 0 Å². The first-order chi connectivity index (χ1) is 8.54. The van der Waals surface area contributed by atoms with Gasteiger partial charge in [-0.2, -0.15) is 13.2 Å². The van der Waals surface area contributed by atoms with Crippen molar-refractivity contribution in [2.24, 2.45) is 0 Å². The van der Waals surface area contributed by atoms with Gasteiger partial charge in [-0.3, -0.25) is 0 Å². The minimum Gasteiger partial charge on any atom is -0.481 e. The second-order valence-electron chi connectivity index (χ2n) is 3.60. The molecule has 0 unspecified atom stereocenters. The fourth-order valence-corrected chi connectivity index (χ4v) is 1.51. The molecule has 2 aromatic rings. The fraction of sp³-hybridized carbons (Fsp3) is 0.143. The van der Waals surface area contributed by atoms with E-state index < -0.39 is 6.18 Å². The van der Waals surface area contributed by atoms with E-state index in [2.05, 4.69) is 0 Å². The smallest absolute Gasteiger partial charge is 0.457 e. The standard InChI is InChI=1S/C14H9F3O/c15-14(16,17)8-3-9-18-13-7-6-11-4-1-2-5-12(11)10-13/h1-2,4-7,10H,9H2. The highest BCUT2D eigenvalue weighted by atomic mass is 19.4. The van der Waals surface area contributed by atoms with Crippen molar-refractivity contribution < 1.29 is 17.9 Å². The number of ether oxygens (including phenoxy) is 1. The number of benzene rings is 2. The van der Waals surface area contributed by atoms with Crippen LogP contribution in [0.2, 0.25) is 0 Å². The Bertz CT molecular complexity index is 605. The van der Waals surface area contributed by atoms with E-state index in [1.54, 1.807) is 12.1 Å². The van der Waals surface area contributed by atoms with Crippen LogP contribution in [0.15, 0.2) is 42.5 Å². The summed E-state index contributed by atoms with van der Waals surface area (Å²) in [4.78, 5) is 0. The molecule has 0 saturated carbocycles. The molecule has 18 heavy (non-hydrogen) atoms. The molecular formula is C14H9F3O. The van der Waals surface area contributed by atoms with E-state index >= 15 is 0 Å². The van der Waals surface area contributed by atoms with Crippen molar-refractivity contribution in [1.29, 1.82) is 0 Å². The summed E-state index contributed by atoms with van der Waals surface area (Å²) >= 11 is 0. The van der Waals surface area contributed by atoms with Gasteiger partial charge in [0, 0.05) is 5.92 Å². The summed E-state index contributed by atoms with van der Waals surface area (Å²) in [5.41, 5.74) is 0. The lowest BCUT2D eigenvalue weighted by atomic mass is 10.1. The molecule has 1 nitrogen and oxygen atoms in total. The Labute approximate surface area is 102 Å². The van der Waals surface area contributed by atoms with Gasteiger partial charge in [0.15, 0.2) is 0 Å². The van der Waals surface area contributed by atoms with Gasteiger partial charge in [0.25, 0.3) is 0 Å². The average molecular weight is 250 g/mol. The maximum absolute atomic E-state index is 11.8. The minimum absolute atomic E-state index is 0.280. The Kier molecular flexibility index (Phi) is 3.42. The Morgan fingerprint density at radius 3 is 2.44 bits per heavy atom. The number of rotatable bonds is 2. The fourth-order valence-electron chi connectivity index (χ4n) is 1.51. The highest BCUT2D eigenvalue weighted by molar-refractivity contribution is 5.83. The molecule has 2 aromatic carbocycles. The van der Waals surface area contributed by atoms with E-state index in [4.69, 9.17) is 4.74 Å². The molecule has 0 radical (unpaired) electrons. The molecular weight excluding hydrogens is 241 g/mol. The lowest BCUT2D eigenvalue weighted by Gasteiger charge is -2.03. The molecule has 0 saturated heterocycles. The molecule has 0 atom stereocenters. The molecule has 0 N–H and O–H groups in total. The van der Waals surface area contributed by atoms with Gasteiger partial charge >= 0.3 is 6.18 Å². The first-order valence-electron chi connectivity index (χ1n) is 5.23. The van der Waals surface area contributed by atoms with Crippen LogP contribution in [0.1, 0.15) is 0 Å². The van der Waals surface area contributed by atoms with Gasteiger partial charge < -0.3 is 4.74 Å². The molecule has 0 aromatic heterocycles. The first kappa shape index (κ1) is 12.3. The Balaban J connectivity index is 2.06. The summed E-state index contributed by atoms with van der Waals surface area (Å²) in [5, 5.41) is 2.02. The summed E-state index contributed by atoms with van der Waals surface area (Å²) in [6.45, 7) is -0.280. The van der Waals surface area contributed by atoms with Crippen molar-refractivity contribution >= 4 is 10.8 Å². The van der Waals surface area contributed by atoms with Crippen LogP contribution in [0.4, 0.5) is 13.2 Å². The number of alkyl halides is 3. The molecule has 92 valence electrons. The topological polar surface area (TPSA) is 9.23 Å². The molecule has 2 rings (SSSR count). The minimum atomic E-state index is -4.47. The van der Waals surface area contributed by atoms with Crippen molar-refractivity contribution in [3.63, 3.8) is 0 Å². The summed E-state index contributed by atoms with van der Waals surface area (Å²) in [6, 6.07) is 13.0. The van der Waals surface area contributed by atoms with Crippen LogP contribution in [0, 0.1) is 11.8 Å². The maximum atomic E-state index is 11.8. The molecule has 0 heterocycles. The van der Waals surface area contributed by atoms with Gasteiger partial charge in [0.1, 0.15) is 12.4 Å². The number of fused-ring (bicyclic) bond motifs is 1. The molecule has 0 spiro atoms. The predicted molar refractivity (Wildman–Crippen MR) is 63.3 cm³/mol. The second-order valence-corrected chi connectivity index (χ2v) is 3.60. The zero-order valence-corrected chi connectivity index (χ0v) is 9.29. The number of hydrogen-bond donors (Lipinski definition) is 0. The normalized spacial score (nSPS) is 10.8. The molecule has 0 fully saturated rings. The summed E-state index contributed by atoms with van der Waals surface area (Å²) in [7, 11) is 0. The van der Waals surface area contributed by atoms with Crippen LogP contribution in [-0.2, 0) is 0 Å². The molecule has 0 amide bonds. The SMILES string of the molecule is FC(F)(F)C#CCOc1ccc2ccccc2c1. The van der Waals surface area contributed by atoms with Crippen LogP contribution >= 0.6 is 0 Å². The van der Waals surface area contributed by atoms with E-state index in [0.717, 1.165) is 16.7 Å². The van der Waals surface area contributed by atoms with Crippen molar-refractivity contribution in [3.8, 4) is 17.6 Å². The van der Waals surface area contributed by atoms with E-state index in [0.29, 0.717) is 5.75 Å². The first-order valence-corrected chi connectivity index (χ1v) is 5.23. The quantitative estimate of drug-likeness (QED) is 0.737. The summed E-state index contributed by atoms with van der Waals surface area (Å²) < 4.78 is 40.4. The van der Waals surface area contributed by atoms with Gasteiger partial charge in [0.05, 0.1) is 0 Å². The molecule has 0 bridgehead atoms. The van der Waals surface area contributed by atoms with E-state index in [9.17, 15) is 13.2 Å². The lowest BCUT2D eigenvalue weighted by molar-refractivity contribution is -0.0698. The number of hydrogen-bond acceptors (Lipinski definition) is 1. The third-order valence-electron chi connectivity index (χ3n) is 2.26. The van der Waals surface area contributed by atoms with Crippen molar-refractivity contribution in [3.05, 3.63) is 42.5 Å². The summed E-state index contributed by atoms with van der Waals surface area (Å²) in [6.07, 6.45) is -4.47. The monoisotopic (exact) mass is 250 g/mol. The molecule has 0 aliphatic heterocycles. The molecule has 0 aliphatic carbocycles. The molecule has 0 aliphatic rings. The number of halogens is 3. The third kappa shape index (κ3) is 3.42. The highest BCUT2D eigenvalue weighted by Crippen LogP contribution is 2.20. The Morgan fingerprint density at radius 2 is 1.72 bits per heavy atom. The Hall–Kier alpha value is -2.15. The lowest BCUT2D eigenvalue weighted by Crippen LogP contribution is -2.03. The Morgan fingerprint density at radius 1 is 1.00 bits per heavy atom. The van der Waals surface area contributed by atoms with Gasteiger partial charge in [-0.15, -0.1) is 0 Å². The van der Waals surface area contributed by atoms with Crippen LogP contribution in [0.3, 0.4) is 0 Å². The maximum Gasteiger partial charge on any atom is 0.457 e. The zero-order valence-electron chi connectivity index (χ0n) is 9.29. The van der Waals surface area contributed by atoms with Gasteiger partial charge in [-0.05, 0) is 22.9 Å². The van der Waals surface area contributed by atoms with Crippen LogP contribution < -0.4 is 4.74 Å². The largest absolute Gasteiger partial charge is 0.481 e. The zero-order chi connectivity index (χ0) is 13.0. The highest BCUT2D eigenvalue weighted by Gasteiger charge is 2.22. The van der Waals surface area contributed by atoms with E-state index in [1.165, 1.54) is 0 Å². The second kappa shape index (κ2) is 5.01. The van der Waals surface area contributed by atoms with Gasteiger partial charge in [-0.1, -0.05) is 36.3 Å². The van der Waals surface area contributed by atoms with Crippen LogP contribution in [0.25, 0.3) is 10.8 Å². The van der Waals surface area contributed by atoms with E-state index in [-0.39, 0.29) is 6.61 Å². The van der Waals surface area contributed by atoms with Crippen LogP contribution in [-0.4, -0.2) is 12.8 Å². The van der Waals surface area contributed by atoms with Crippen molar-refractivity contribution in [1.82, 2.24) is 0 Å². The van der Waals surface area contributed by atoms with Gasteiger partial charge in [0.2, 0.25) is 0 Å².